The highest BCUT2D eigenvalue weighted by Gasteiger charge is 2.09. The van der Waals surface area contributed by atoms with Crippen LogP contribution in [0.25, 0.3) is 0 Å². The Kier molecular flexibility index (Phi) is 4.77. The average molecular weight is 219 g/mol. The third-order valence-electron chi connectivity index (χ3n) is 2.53. The van der Waals surface area contributed by atoms with Gasteiger partial charge >= 0.3 is 0 Å². The quantitative estimate of drug-likeness (QED) is 0.681. The lowest BCUT2D eigenvalue weighted by Crippen LogP contribution is -2.31. The summed E-state index contributed by atoms with van der Waals surface area (Å²) in [5, 5.41) is 0. The van der Waals surface area contributed by atoms with Crippen LogP contribution in [0.15, 0.2) is 49.1 Å². The first-order valence-electron chi connectivity index (χ1n) is 5.45. The Labute approximate surface area is 96.9 Å². The molecule has 0 radical (unpaired) electrons. The Bertz CT molecular complexity index is 354. The molecule has 1 unspecified atom stereocenters. The van der Waals surface area contributed by atoms with Crippen molar-refractivity contribution in [3.8, 4) is 0 Å². The maximum absolute atomic E-state index is 12.8. The van der Waals surface area contributed by atoms with Gasteiger partial charge in [0.25, 0.3) is 0 Å². The summed E-state index contributed by atoms with van der Waals surface area (Å²) in [5.41, 5.74) is 1.01. The van der Waals surface area contributed by atoms with Gasteiger partial charge in [-0.15, -0.1) is 6.58 Å². The molecule has 0 aliphatic rings. The van der Waals surface area contributed by atoms with E-state index >= 15 is 0 Å². The zero-order valence-electron chi connectivity index (χ0n) is 9.86. The van der Waals surface area contributed by atoms with E-state index < -0.39 is 0 Å². The first-order chi connectivity index (χ1) is 7.69. The van der Waals surface area contributed by atoms with Crippen molar-refractivity contribution < 1.29 is 4.39 Å². The molecule has 0 aliphatic carbocycles. The molecule has 0 saturated heterocycles. The van der Waals surface area contributed by atoms with Crippen LogP contribution >= 0.6 is 0 Å². The zero-order chi connectivity index (χ0) is 12.0. The second-order valence-corrected chi connectivity index (χ2v) is 3.67. The molecule has 1 aromatic carbocycles. The summed E-state index contributed by atoms with van der Waals surface area (Å²) in [6, 6.07) is 6.76. The maximum atomic E-state index is 12.8. The summed E-state index contributed by atoms with van der Waals surface area (Å²) in [5.74, 6) is -0.207. The lowest BCUT2D eigenvalue weighted by molar-refractivity contribution is 0.627. The number of hydrogen-bond acceptors (Lipinski definition) is 1. The Balaban J connectivity index is 2.90. The maximum Gasteiger partial charge on any atom is 0.123 e. The van der Waals surface area contributed by atoms with Crippen molar-refractivity contribution in [3.63, 3.8) is 0 Å². The van der Waals surface area contributed by atoms with Crippen LogP contribution in [-0.2, 0) is 0 Å². The smallest absolute Gasteiger partial charge is 0.123 e. The van der Waals surface area contributed by atoms with E-state index in [4.69, 9.17) is 0 Å². The van der Waals surface area contributed by atoms with Crippen molar-refractivity contribution >= 4 is 5.69 Å². The van der Waals surface area contributed by atoms with Crippen LogP contribution < -0.4 is 4.90 Å². The fourth-order valence-corrected chi connectivity index (χ4v) is 1.49. The van der Waals surface area contributed by atoms with Crippen LogP contribution in [0.2, 0.25) is 0 Å². The summed E-state index contributed by atoms with van der Waals surface area (Å²) in [6.45, 7) is 8.65. The van der Waals surface area contributed by atoms with E-state index in [1.165, 1.54) is 12.1 Å². The molecule has 0 aromatic heterocycles. The van der Waals surface area contributed by atoms with E-state index in [0.29, 0.717) is 0 Å². The third kappa shape index (κ3) is 3.23. The summed E-state index contributed by atoms with van der Waals surface area (Å²) in [7, 11) is 0. The average Bonchev–Trinajstić information content (AvgIpc) is 2.31. The highest BCUT2D eigenvalue weighted by molar-refractivity contribution is 5.48. The summed E-state index contributed by atoms with van der Waals surface area (Å²) in [6.07, 6.45) is 5.96. The first-order valence-corrected chi connectivity index (χ1v) is 5.45. The van der Waals surface area contributed by atoms with Gasteiger partial charge in [-0.1, -0.05) is 18.2 Å². The largest absolute Gasteiger partial charge is 0.362 e. The number of nitrogens with zero attached hydrogens (tertiary/aromatic N) is 1. The van der Waals surface area contributed by atoms with Gasteiger partial charge < -0.3 is 4.90 Å². The molecule has 0 fully saturated rings. The Hall–Kier alpha value is -1.57. The number of benzene rings is 1. The summed E-state index contributed by atoms with van der Waals surface area (Å²) >= 11 is 0. The minimum Gasteiger partial charge on any atom is -0.362 e. The van der Waals surface area contributed by atoms with Crippen LogP contribution in [0.3, 0.4) is 0 Å². The lowest BCUT2D eigenvalue weighted by Gasteiger charge is -2.28. The van der Waals surface area contributed by atoms with E-state index in [9.17, 15) is 4.39 Å². The van der Waals surface area contributed by atoms with Crippen LogP contribution in [0.5, 0.6) is 0 Å². The molecule has 0 spiro atoms. The van der Waals surface area contributed by atoms with Crippen LogP contribution in [0.1, 0.15) is 13.8 Å². The molecule has 0 saturated carbocycles. The monoisotopic (exact) mass is 219 g/mol. The normalized spacial score (nSPS) is 12.7. The molecule has 1 atom stereocenters. The predicted molar refractivity (Wildman–Crippen MR) is 68.2 cm³/mol. The molecule has 2 heteroatoms. The molecular weight excluding hydrogens is 201 g/mol. The Morgan fingerprint density at radius 3 is 2.50 bits per heavy atom. The van der Waals surface area contributed by atoms with Crippen molar-refractivity contribution in [1.29, 1.82) is 0 Å². The number of anilines is 1. The number of halogens is 1. The zero-order valence-corrected chi connectivity index (χ0v) is 9.86. The predicted octanol–water partition coefficient (Wildman–Crippen LogP) is 3.78. The van der Waals surface area contributed by atoms with Crippen molar-refractivity contribution in [2.24, 2.45) is 0 Å². The topological polar surface area (TPSA) is 3.24 Å². The molecule has 0 amide bonds. The minimum atomic E-state index is -0.207. The molecule has 1 rings (SSSR count). The van der Waals surface area contributed by atoms with Crippen molar-refractivity contribution in [2.45, 2.75) is 19.9 Å². The molecule has 0 heterocycles. The van der Waals surface area contributed by atoms with Gasteiger partial charge in [-0.3, -0.25) is 0 Å². The fourth-order valence-electron chi connectivity index (χ4n) is 1.49. The molecule has 1 nitrogen and oxygen atoms in total. The van der Waals surface area contributed by atoms with E-state index in [0.717, 1.165) is 12.2 Å². The number of hydrogen-bond donors (Lipinski definition) is 0. The minimum absolute atomic E-state index is 0.207. The van der Waals surface area contributed by atoms with Gasteiger partial charge in [0.1, 0.15) is 5.82 Å². The van der Waals surface area contributed by atoms with E-state index in [2.05, 4.69) is 24.5 Å². The van der Waals surface area contributed by atoms with Crippen molar-refractivity contribution in [2.75, 3.05) is 11.4 Å². The van der Waals surface area contributed by atoms with Gasteiger partial charge in [-0.25, -0.2) is 4.39 Å². The molecule has 0 bridgehead atoms. The first kappa shape index (κ1) is 12.5. The highest BCUT2D eigenvalue weighted by Crippen LogP contribution is 2.18. The number of allylic oxidation sites excluding steroid dienone is 1. The van der Waals surface area contributed by atoms with Gasteiger partial charge in [-0.05, 0) is 38.1 Å². The highest BCUT2D eigenvalue weighted by atomic mass is 19.1. The van der Waals surface area contributed by atoms with Crippen LogP contribution in [-0.4, -0.2) is 12.6 Å². The van der Waals surface area contributed by atoms with Crippen LogP contribution in [0.4, 0.5) is 10.1 Å². The van der Waals surface area contributed by atoms with Gasteiger partial charge in [0, 0.05) is 18.3 Å². The standard InChI is InChI=1S/C14H18FN/c1-4-6-11-16(12(3)5-2)14-9-7-13(15)8-10-14/h4-10,12H,2,11H2,1,3H3/b6-4+. The van der Waals surface area contributed by atoms with Gasteiger partial charge in [0.2, 0.25) is 0 Å². The SMILES string of the molecule is C=CC(C)N(C/C=C/C)c1ccc(F)cc1. The second kappa shape index (κ2) is 6.11. The second-order valence-electron chi connectivity index (χ2n) is 3.67. The molecular formula is C14H18FN. The molecule has 16 heavy (non-hydrogen) atoms. The third-order valence-corrected chi connectivity index (χ3v) is 2.53. The molecule has 1 aromatic rings. The molecule has 0 N–H and O–H groups in total. The van der Waals surface area contributed by atoms with E-state index in [1.807, 2.05) is 19.1 Å². The van der Waals surface area contributed by atoms with Gasteiger partial charge in [0.05, 0.1) is 0 Å². The summed E-state index contributed by atoms with van der Waals surface area (Å²) < 4.78 is 12.8. The van der Waals surface area contributed by atoms with Gasteiger partial charge in [0.15, 0.2) is 0 Å². The molecule has 86 valence electrons. The van der Waals surface area contributed by atoms with Crippen molar-refractivity contribution in [1.82, 2.24) is 0 Å². The lowest BCUT2D eigenvalue weighted by atomic mass is 10.2. The van der Waals surface area contributed by atoms with E-state index in [-0.39, 0.29) is 11.9 Å². The number of rotatable bonds is 5. The van der Waals surface area contributed by atoms with Crippen LogP contribution in [0, 0.1) is 5.82 Å². The fraction of sp³-hybridized carbons (Fsp3) is 0.286. The Morgan fingerprint density at radius 1 is 1.38 bits per heavy atom. The van der Waals surface area contributed by atoms with Gasteiger partial charge in [-0.2, -0.15) is 0 Å². The summed E-state index contributed by atoms with van der Waals surface area (Å²) in [4.78, 5) is 2.16. The van der Waals surface area contributed by atoms with E-state index in [1.54, 1.807) is 12.1 Å². The van der Waals surface area contributed by atoms with Crippen molar-refractivity contribution in [3.05, 3.63) is 54.9 Å². The molecule has 0 aliphatic heterocycles. The Morgan fingerprint density at radius 2 is 2.00 bits per heavy atom.